The fourth-order valence-corrected chi connectivity index (χ4v) is 1.25. The van der Waals surface area contributed by atoms with Gasteiger partial charge in [0.05, 0.1) is 18.5 Å². The van der Waals surface area contributed by atoms with Gasteiger partial charge in [0.2, 0.25) is 0 Å². The van der Waals surface area contributed by atoms with Gasteiger partial charge in [-0.05, 0) is 6.92 Å². The molecule has 1 heterocycles. The van der Waals surface area contributed by atoms with Crippen LogP contribution in [0.25, 0.3) is 0 Å². The molecule has 100 valence electrons. The number of aryl methyl sites for hydroxylation is 1. The summed E-state index contributed by atoms with van der Waals surface area (Å²) in [5.74, 6) is -0.908. The molecule has 0 spiro atoms. The molecule has 1 aromatic heterocycles. The number of aliphatic hydroxyl groups excluding tert-OH is 1. The first-order valence-electron chi connectivity index (χ1n) is 5.09. The molecule has 0 saturated heterocycles. The van der Waals surface area contributed by atoms with Crippen molar-refractivity contribution in [3.63, 3.8) is 0 Å². The zero-order valence-electron chi connectivity index (χ0n) is 9.61. The van der Waals surface area contributed by atoms with Gasteiger partial charge in [-0.25, -0.2) is 4.98 Å². The van der Waals surface area contributed by atoms with Crippen LogP contribution < -0.4 is 0 Å². The molecule has 0 aliphatic heterocycles. The van der Waals surface area contributed by atoms with Crippen molar-refractivity contribution in [2.24, 2.45) is 0 Å². The van der Waals surface area contributed by atoms with E-state index in [2.05, 4.69) is 9.97 Å². The number of hydrogen-bond acceptors (Lipinski definition) is 4. The summed E-state index contributed by atoms with van der Waals surface area (Å²) in [6, 6.07) is 0. The van der Waals surface area contributed by atoms with Crippen LogP contribution in [0.5, 0.6) is 0 Å². The number of carbonyl (C=O) groups excluding carboxylic acids is 1. The molecule has 1 rings (SSSR count). The summed E-state index contributed by atoms with van der Waals surface area (Å²) >= 11 is 0. The maximum Gasteiger partial charge on any atom is 0.406 e. The van der Waals surface area contributed by atoms with Gasteiger partial charge in [-0.15, -0.1) is 0 Å². The number of alkyl halides is 3. The molecule has 0 saturated carbocycles. The Morgan fingerprint density at radius 3 is 2.50 bits per heavy atom. The first-order chi connectivity index (χ1) is 8.33. The second-order valence-corrected chi connectivity index (χ2v) is 3.61. The van der Waals surface area contributed by atoms with Crippen LogP contribution in [0.3, 0.4) is 0 Å². The first kappa shape index (κ1) is 14.4. The molecule has 5 nitrogen and oxygen atoms in total. The minimum absolute atomic E-state index is 0.182. The van der Waals surface area contributed by atoms with Crippen LogP contribution in [0.2, 0.25) is 0 Å². The SMILES string of the molecule is Cc1cnc(C(=O)N(CCO)CC(F)(F)F)cn1. The van der Waals surface area contributed by atoms with Gasteiger partial charge in [0.25, 0.3) is 5.91 Å². The molecule has 8 heteroatoms. The van der Waals surface area contributed by atoms with Crippen LogP contribution in [0.1, 0.15) is 16.2 Å². The minimum atomic E-state index is -4.52. The van der Waals surface area contributed by atoms with E-state index in [1.54, 1.807) is 6.92 Å². The third-order valence-corrected chi connectivity index (χ3v) is 2.03. The van der Waals surface area contributed by atoms with E-state index in [0.29, 0.717) is 10.6 Å². The molecule has 0 radical (unpaired) electrons. The van der Waals surface area contributed by atoms with Gasteiger partial charge >= 0.3 is 6.18 Å². The summed E-state index contributed by atoms with van der Waals surface area (Å²) in [6.07, 6.45) is -2.13. The number of nitrogens with zero attached hydrogens (tertiary/aromatic N) is 3. The van der Waals surface area contributed by atoms with Gasteiger partial charge in [0.15, 0.2) is 0 Å². The Morgan fingerprint density at radius 2 is 2.06 bits per heavy atom. The molecule has 1 amide bonds. The highest BCUT2D eigenvalue weighted by molar-refractivity contribution is 5.92. The Bertz CT molecular complexity index is 406. The van der Waals surface area contributed by atoms with E-state index in [4.69, 9.17) is 5.11 Å². The molecule has 0 aliphatic rings. The number of aliphatic hydroxyl groups is 1. The number of amides is 1. The van der Waals surface area contributed by atoms with Crippen LogP contribution in [-0.4, -0.2) is 51.8 Å². The molecule has 1 aromatic rings. The monoisotopic (exact) mass is 263 g/mol. The van der Waals surface area contributed by atoms with Crippen molar-refractivity contribution >= 4 is 5.91 Å². The van der Waals surface area contributed by atoms with Crippen LogP contribution >= 0.6 is 0 Å². The third-order valence-electron chi connectivity index (χ3n) is 2.03. The van der Waals surface area contributed by atoms with Crippen molar-refractivity contribution in [3.05, 3.63) is 23.8 Å². The number of rotatable bonds is 4. The highest BCUT2D eigenvalue weighted by Crippen LogP contribution is 2.17. The van der Waals surface area contributed by atoms with Gasteiger partial charge in [0.1, 0.15) is 12.2 Å². The number of hydrogen-bond donors (Lipinski definition) is 1. The maximum absolute atomic E-state index is 12.3. The van der Waals surface area contributed by atoms with Gasteiger partial charge in [-0.2, -0.15) is 13.2 Å². The van der Waals surface area contributed by atoms with Crippen molar-refractivity contribution in [2.45, 2.75) is 13.1 Å². The summed E-state index contributed by atoms with van der Waals surface area (Å²) in [4.78, 5) is 19.7. The van der Waals surface area contributed by atoms with E-state index in [9.17, 15) is 18.0 Å². The molecule has 1 N–H and O–H groups in total. The Balaban J connectivity index is 2.85. The number of halogens is 3. The molecule has 0 aliphatic carbocycles. The lowest BCUT2D eigenvalue weighted by atomic mass is 10.3. The smallest absolute Gasteiger partial charge is 0.395 e. The fourth-order valence-electron chi connectivity index (χ4n) is 1.25. The van der Waals surface area contributed by atoms with Gasteiger partial charge in [-0.1, -0.05) is 0 Å². The average molecular weight is 263 g/mol. The summed E-state index contributed by atoms with van der Waals surface area (Å²) in [6.45, 7) is -0.751. The fraction of sp³-hybridized carbons (Fsp3) is 0.500. The third kappa shape index (κ3) is 4.28. The van der Waals surface area contributed by atoms with Gasteiger partial charge in [0, 0.05) is 12.7 Å². The standard InChI is InChI=1S/C10H12F3N3O2/c1-7-4-15-8(5-14-7)9(18)16(2-3-17)6-10(11,12)13/h4-5,17H,2-3,6H2,1H3. The summed E-state index contributed by atoms with van der Waals surface area (Å²) in [5, 5.41) is 8.68. The lowest BCUT2D eigenvalue weighted by Crippen LogP contribution is -2.41. The Labute approximate surface area is 101 Å². The van der Waals surface area contributed by atoms with Crippen molar-refractivity contribution in [2.75, 3.05) is 19.7 Å². The second kappa shape index (κ2) is 5.76. The van der Waals surface area contributed by atoms with E-state index < -0.39 is 31.8 Å². The van der Waals surface area contributed by atoms with Gasteiger partial charge in [-0.3, -0.25) is 9.78 Å². The Kier molecular flexibility index (Phi) is 4.60. The molecular weight excluding hydrogens is 251 g/mol. The lowest BCUT2D eigenvalue weighted by molar-refractivity contribution is -0.141. The van der Waals surface area contributed by atoms with E-state index in [1.807, 2.05) is 0 Å². The van der Waals surface area contributed by atoms with E-state index in [0.717, 1.165) is 6.20 Å². The molecule has 0 bridgehead atoms. The normalized spacial score (nSPS) is 11.4. The lowest BCUT2D eigenvalue weighted by Gasteiger charge is -2.22. The zero-order valence-corrected chi connectivity index (χ0v) is 9.61. The van der Waals surface area contributed by atoms with E-state index >= 15 is 0 Å². The minimum Gasteiger partial charge on any atom is -0.395 e. The van der Waals surface area contributed by atoms with E-state index in [-0.39, 0.29) is 5.69 Å². The number of carbonyl (C=O) groups is 1. The van der Waals surface area contributed by atoms with Crippen molar-refractivity contribution in [1.82, 2.24) is 14.9 Å². The molecule has 0 fully saturated rings. The first-order valence-corrected chi connectivity index (χ1v) is 5.09. The quantitative estimate of drug-likeness (QED) is 0.871. The highest BCUT2D eigenvalue weighted by Gasteiger charge is 2.33. The van der Waals surface area contributed by atoms with Crippen LogP contribution in [0.4, 0.5) is 13.2 Å². The van der Waals surface area contributed by atoms with Crippen molar-refractivity contribution < 1.29 is 23.1 Å². The largest absolute Gasteiger partial charge is 0.406 e. The average Bonchev–Trinajstić information content (AvgIpc) is 2.27. The predicted octanol–water partition coefficient (Wildman–Crippen LogP) is 0.782. The molecule has 0 aromatic carbocycles. The van der Waals surface area contributed by atoms with Crippen LogP contribution in [0.15, 0.2) is 12.4 Å². The molecule has 0 unspecified atom stereocenters. The molecule has 0 atom stereocenters. The van der Waals surface area contributed by atoms with E-state index in [1.165, 1.54) is 6.20 Å². The zero-order chi connectivity index (χ0) is 13.8. The Morgan fingerprint density at radius 1 is 1.39 bits per heavy atom. The predicted molar refractivity (Wildman–Crippen MR) is 55.8 cm³/mol. The summed E-state index contributed by atoms with van der Waals surface area (Å²) < 4.78 is 36.8. The Hall–Kier alpha value is -1.70. The van der Waals surface area contributed by atoms with Gasteiger partial charge < -0.3 is 10.0 Å². The second-order valence-electron chi connectivity index (χ2n) is 3.61. The molecule has 18 heavy (non-hydrogen) atoms. The summed E-state index contributed by atoms with van der Waals surface area (Å²) in [5.41, 5.74) is 0.370. The molecular formula is C10H12F3N3O2. The van der Waals surface area contributed by atoms with Crippen molar-refractivity contribution in [3.8, 4) is 0 Å². The highest BCUT2D eigenvalue weighted by atomic mass is 19.4. The topological polar surface area (TPSA) is 66.3 Å². The van der Waals surface area contributed by atoms with Crippen LogP contribution in [0, 0.1) is 6.92 Å². The maximum atomic E-state index is 12.3. The van der Waals surface area contributed by atoms with Crippen LogP contribution in [-0.2, 0) is 0 Å². The number of aromatic nitrogens is 2. The summed E-state index contributed by atoms with van der Waals surface area (Å²) in [7, 11) is 0. The van der Waals surface area contributed by atoms with Crippen molar-refractivity contribution in [1.29, 1.82) is 0 Å².